The van der Waals surface area contributed by atoms with Crippen molar-refractivity contribution >= 4 is 5.96 Å². The summed E-state index contributed by atoms with van der Waals surface area (Å²) in [6, 6.07) is 13.2. The number of hydrogen-bond acceptors (Lipinski definition) is 5. The van der Waals surface area contributed by atoms with Crippen molar-refractivity contribution in [1.29, 1.82) is 0 Å². The molecule has 0 atom stereocenters. The highest BCUT2D eigenvalue weighted by Gasteiger charge is 2.02. The molecule has 3 rings (SSSR count). The summed E-state index contributed by atoms with van der Waals surface area (Å²) in [6.07, 6.45) is 4.21. The van der Waals surface area contributed by atoms with Gasteiger partial charge in [-0.2, -0.15) is 0 Å². The van der Waals surface area contributed by atoms with E-state index in [1.165, 1.54) is 12.1 Å². The van der Waals surface area contributed by atoms with E-state index in [1.54, 1.807) is 30.7 Å². The zero-order valence-electron chi connectivity index (χ0n) is 17.5. The van der Waals surface area contributed by atoms with E-state index < -0.39 is 0 Å². The Bertz CT molecular complexity index is 913. The Morgan fingerprint density at radius 2 is 2.00 bits per heavy atom. The van der Waals surface area contributed by atoms with Gasteiger partial charge in [-0.1, -0.05) is 6.07 Å². The summed E-state index contributed by atoms with van der Waals surface area (Å²) in [5.41, 5.74) is 0.949. The van der Waals surface area contributed by atoms with Crippen LogP contribution in [0.1, 0.15) is 24.7 Å². The standard InChI is InChI=1S/C23H27FN4O3/c1-2-25-23(26-12-4-13-29-17-21-5-3-14-30-21)28-16-18-6-11-22(27-15-18)31-20-9-7-19(24)8-10-20/h3,5-11,14-15H,2,4,12-13,16-17H2,1H3,(H2,25,26,28). The van der Waals surface area contributed by atoms with E-state index in [0.717, 1.165) is 36.8 Å². The van der Waals surface area contributed by atoms with Crippen LogP contribution in [0.3, 0.4) is 0 Å². The highest BCUT2D eigenvalue weighted by Crippen LogP contribution is 2.19. The number of aromatic nitrogens is 1. The highest BCUT2D eigenvalue weighted by molar-refractivity contribution is 5.79. The molecule has 8 heteroatoms. The lowest BCUT2D eigenvalue weighted by molar-refractivity contribution is 0.105. The first-order chi connectivity index (χ1) is 15.2. The Labute approximate surface area is 181 Å². The van der Waals surface area contributed by atoms with Crippen molar-refractivity contribution in [2.75, 3.05) is 19.7 Å². The second-order valence-electron chi connectivity index (χ2n) is 6.67. The lowest BCUT2D eigenvalue weighted by atomic mass is 10.3. The monoisotopic (exact) mass is 426 g/mol. The van der Waals surface area contributed by atoms with Gasteiger partial charge in [-0.3, -0.25) is 0 Å². The van der Waals surface area contributed by atoms with Crippen LogP contribution in [0.25, 0.3) is 0 Å². The zero-order chi connectivity index (χ0) is 21.7. The number of pyridine rings is 1. The van der Waals surface area contributed by atoms with Crippen LogP contribution in [0.5, 0.6) is 11.6 Å². The van der Waals surface area contributed by atoms with Gasteiger partial charge in [-0.05, 0) is 55.3 Å². The van der Waals surface area contributed by atoms with Crippen LogP contribution in [0.15, 0.2) is 70.4 Å². The topological polar surface area (TPSA) is 80.9 Å². The second kappa shape index (κ2) is 12.3. The fraction of sp³-hybridized carbons (Fsp3) is 0.304. The molecule has 2 heterocycles. The van der Waals surface area contributed by atoms with Crippen molar-refractivity contribution < 1.29 is 18.3 Å². The molecule has 2 N–H and O–H groups in total. The predicted octanol–water partition coefficient (Wildman–Crippen LogP) is 4.27. The first-order valence-corrected chi connectivity index (χ1v) is 10.2. The molecule has 164 valence electrons. The first-order valence-electron chi connectivity index (χ1n) is 10.2. The third-order valence-corrected chi connectivity index (χ3v) is 4.18. The van der Waals surface area contributed by atoms with Gasteiger partial charge in [0.15, 0.2) is 5.96 Å². The molecule has 0 unspecified atom stereocenters. The third kappa shape index (κ3) is 8.10. The molecule has 3 aromatic rings. The Morgan fingerprint density at radius 3 is 2.71 bits per heavy atom. The van der Waals surface area contributed by atoms with Crippen molar-refractivity contribution in [3.05, 3.63) is 78.1 Å². The van der Waals surface area contributed by atoms with Gasteiger partial charge in [0, 0.05) is 32.0 Å². The van der Waals surface area contributed by atoms with Crippen LogP contribution >= 0.6 is 0 Å². The van der Waals surface area contributed by atoms with Crippen molar-refractivity contribution in [3.8, 4) is 11.6 Å². The molecule has 0 radical (unpaired) electrons. The Kier molecular flexibility index (Phi) is 8.88. The van der Waals surface area contributed by atoms with Crippen LogP contribution in [0.4, 0.5) is 4.39 Å². The van der Waals surface area contributed by atoms with Crippen LogP contribution in [0.2, 0.25) is 0 Å². The van der Waals surface area contributed by atoms with Crippen LogP contribution < -0.4 is 15.4 Å². The first kappa shape index (κ1) is 22.3. The summed E-state index contributed by atoms with van der Waals surface area (Å²) in [6.45, 7) is 5.12. The van der Waals surface area contributed by atoms with Crippen molar-refractivity contribution in [2.24, 2.45) is 4.99 Å². The fourth-order valence-electron chi connectivity index (χ4n) is 2.65. The molecule has 0 saturated carbocycles. The smallest absolute Gasteiger partial charge is 0.219 e. The average Bonchev–Trinajstić information content (AvgIpc) is 3.30. The minimum Gasteiger partial charge on any atom is -0.467 e. The van der Waals surface area contributed by atoms with E-state index in [-0.39, 0.29) is 5.82 Å². The van der Waals surface area contributed by atoms with Crippen molar-refractivity contribution in [3.63, 3.8) is 0 Å². The van der Waals surface area contributed by atoms with E-state index >= 15 is 0 Å². The molecule has 7 nitrogen and oxygen atoms in total. The van der Waals surface area contributed by atoms with E-state index in [9.17, 15) is 4.39 Å². The quantitative estimate of drug-likeness (QED) is 0.271. The summed E-state index contributed by atoms with van der Waals surface area (Å²) in [4.78, 5) is 8.87. The molecule has 2 aromatic heterocycles. The molecule has 0 aliphatic heterocycles. The zero-order valence-corrected chi connectivity index (χ0v) is 17.5. The predicted molar refractivity (Wildman–Crippen MR) is 117 cm³/mol. The maximum Gasteiger partial charge on any atom is 0.219 e. The average molecular weight is 426 g/mol. The molecule has 0 amide bonds. The molecule has 0 aliphatic rings. The molecule has 1 aromatic carbocycles. The minimum atomic E-state index is -0.306. The highest BCUT2D eigenvalue weighted by atomic mass is 19.1. The summed E-state index contributed by atoms with van der Waals surface area (Å²) < 4.78 is 29.4. The van der Waals surface area contributed by atoms with Crippen LogP contribution in [-0.2, 0) is 17.9 Å². The number of hydrogen-bond donors (Lipinski definition) is 2. The minimum absolute atomic E-state index is 0.306. The number of guanidine groups is 1. The summed E-state index contributed by atoms with van der Waals surface area (Å²) in [5.74, 6) is 2.23. The number of halogens is 1. The van der Waals surface area contributed by atoms with Gasteiger partial charge in [0.25, 0.3) is 0 Å². The summed E-state index contributed by atoms with van der Waals surface area (Å²) >= 11 is 0. The van der Waals surface area contributed by atoms with Gasteiger partial charge in [0.1, 0.15) is 23.9 Å². The molecule has 0 saturated heterocycles. The molecular weight excluding hydrogens is 399 g/mol. The number of furan rings is 1. The number of nitrogens with one attached hydrogen (secondary N) is 2. The third-order valence-electron chi connectivity index (χ3n) is 4.18. The second-order valence-corrected chi connectivity index (χ2v) is 6.67. The van der Waals surface area contributed by atoms with Crippen molar-refractivity contribution in [2.45, 2.75) is 26.5 Å². The number of ether oxygens (including phenoxy) is 2. The molecule has 31 heavy (non-hydrogen) atoms. The Balaban J connectivity index is 1.40. The lowest BCUT2D eigenvalue weighted by Crippen LogP contribution is -2.38. The lowest BCUT2D eigenvalue weighted by Gasteiger charge is -2.11. The Morgan fingerprint density at radius 1 is 1.13 bits per heavy atom. The SMILES string of the molecule is CCNC(=NCc1ccc(Oc2ccc(F)cc2)nc1)NCCCOCc1ccco1. The summed E-state index contributed by atoms with van der Waals surface area (Å²) in [5, 5.41) is 6.51. The van der Waals surface area contributed by atoms with Gasteiger partial charge < -0.3 is 24.5 Å². The maximum atomic E-state index is 13.0. The number of nitrogens with zero attached hydrogens (tertiary/aromatic N) is 2. The number of benzene rings is 1. The van der Waals surface area contributed by atoms with E-state index in [1.807, 2.05) is 25.1 Å². The van der Waals surface area contributed by atoms with E-state index in [2.05, 4.69) is 20.6 Å². The molecular formula is C23H27FN4O3. The number of rotatable bonds is 11. The molecule has 0 fully saturated rings. The van der Waals surface area contributed by atoms with Crippen LogP contribution in [-0.4, -0.2) is 30.6 Å². The van der Waals surface area contributed by atoms with Gasteiger partial charge in [-0.15, -0.1) is 0 Å². The van der Waals surface area contributed by atoms with Crippen LogP contribution in [0, 0.1) is 5.82 Å². The number of aliphatic imine (C=N–C) groups is 1. The van der Waals surface area contributed by atoms with Crippen molar-refractivity contribution in [1.82, 2.24) is 15.6 Å². The van der Waals surface area contributed by atoms with Gasteiger partial charge in [0.2, 0.25) is 5.88 Å². The fourth-order valence-corrected chi connectivity index (χ4v) is 2.65. The van der Waals surface area contributed by atoms with E-state index in [0.29, 0.717) is 31.4 Å². The van der Waals surface area contributed by atoms with E-state index in [4.69, 9.17) is 13.9 Å². The van der Waals surface area contributed by atoms with Gasteiger partial charge >= 0.3 is 0 Å². The molecule has 0 spiro atoms. The van der Waals surface area contributed by atoms with Gasteiger partial charge in [0.05, 0.1) is 12.8 Å². The maximum absolute atomic E-state index is 13.0. The van der Waals surface area contributed by atoms with Gasteiger partial charge in [-0.25, -0.2) is 14.4 Å². The Hall–Kier alpha value is -3.39. The summed E-state index contributed by atoms with van der Waals surface area (Å²) in [7, 11) is 0. The molecule has 0 bridgehead atoms. The largest absolute Gasteiger partial charge is 0.467 e. The molecule has 0 aliphatic carbocycles. The normalized spacial score (nSPS) is 11.4.